The van der Waals surface area contributed by atoms with Crippen LogP contribution in [0.2, 0.25) is 5.02 Å². The number of aromatic nitrogens is 2. The van der Waals surface area contributed by atoms with Crippen LogP contribution in [-0.2, 0) is 0 Å². The third kappa shape index (κ3) is 5.35. The number of benzene rings is 1. The van der Waals surface area contributed by atoms with Crippen LogP contribution in [-0.4, -0.2) is 52.1 Å². The van der Waals surface area contributed by atoms with E-state index in [2.05, 4.69) is 21.2 Å². The normalized spacial score (nSPS) is 18.0. The number of anilines is 1. The Kier molecular flexibility index (Phi) is 7.40. The number of hydrogen-bond acceptors (Lipinski definition) is 6. The first-order valence-corrected chi connectivity index (χ1v) is 12.3. The molecule has 31 heavy (non-hydrogen) atoms. The van der Waals surface area contributed by atoms with E-state index in [4.69, 9.17) is 16.3 Å². The molecule has 1 aromatic carbocycles. The molecule has 0 bridgehead atoms. The van der Waals surface area contributed by atoms with Gasteiger partial charge in [-0.15, -0.1) is 0 Å². The molecule has 168 valence electrons. The van der Waals surface area contributed by atoms with Crippen LogP contribution in [0, 0.1) is 5.82 Å². The molecule has 2 heterocycles. The Morgan fingerprint density at radius 3 is 2.61 bits per heavy atom. The van der Waals surface area contributed by atoms with E-state index in [1.165, 1.54) is 22.9 Å². The van der Waals surface area contributed by atoms with E-state index >= 15 is 0 Å². The topological polar surface area (TPSA) is 50.6 Å². The summed E-state index contributed by atoms with van der Waals surface area (Å²) >= 11 is 7.88. The van der Waals surface area contributed by atoms with Gasteiger partial charge in [-0.3, -0.25) is 4.79 Å². The molecule has 2 aromatic rings. The van der Waals surface area contributed by atoms with Crippen molar-refractivity contribution in [2.24, 2.45) is 0 Å². The van der Waals surface area contributed by atoms with Gasteiger partial charge in [-0.25, -0.2) is 8.70 Å². The summed E-state index contributed by atoms with van der Waals surface area (Å²) in [5, 5.41) is 4.56. The van der Waals surface area contributed by atoms with Crippen LogP contribution < -0.4 is 15.2 Å². The van der Waals surface area contributed by atoms with Gasteiger partial charge in [0.2, 0.25) is 5.75 Å². The highest BCUT2D eigenvalue weighted by atomic mass is 35.5. The lowest BCUT2D eigenvalue weighted by molar-refractivity contribution is 0.205. The molecular formula is C22H28ClFN4O2S. The second-order valence-electron chi connectivity index (χ2n) is 7.98. The van der Waals surface area contributed by atoms with Crippen molar-refractivity contribution in [3.63, 3.8) is 0 Å². The van der Waals surface area contributed by atoms with Crippen molar-refractivity contribution in [3.05, 3.63) is 45.6 Å². The van der Waals surface area contributed by atoms with Crippen LogP contribution in [0.25, 0.3) is 5.69 Å². The summed E-state index contributed by atoms with van der Waals surface area (Å²) in [6, 6.07) is 3.99. The molecule has 0 radical (unpaired) electrons. The van der Waals surface area contributed by atoms with Crippen molar-refractivity contribution in [2.45, 2.75) is 45.1 Å². The van der Waals surface area contributed by atoms with Crippen LogP contribution >= 0.6 is 23.5 Å². The molecule has 2 aliphatic rings. The maximum absolute atomic E-state index is 13.9. The van der Waals surface area contributed by atoms with Gasteiger partial charge in [-0.1, -0.05) is 30.5 Å². The zero-order valence-corrected chi connectivity index (χ0v) is 19.3. The molecule has 0 N–H and O–H groups in total. The van der Waals surface area contributed by atoms with Crippen LogP contribution in [0.4, 0.5) is 10.1 Å². The Morgan fingerprint density at radius 2 is 1.94 bits per heavy atom. The minimum atomic E-state index is -0.515. The maximum Gasteiger partial charge on any atom is 0.316 e. The minimum absolute atomic E-state index is 0.0276. The van der Waals surface area contributed by atoms with Crippen molar-refractivity contribution in [3.8, 4) is 11.4 Å². The highest BCUT2D eigenvalue weighted by Gasteiger charge is 2.26. The van der Waals surface area contributed by atoms with Gasteiger partial charge in [-0.2, -0.15) is 9.78 Å². The zero-order valence-electron chi connectivity index (χ0n) is 17.7. The molecule has 0 atom stereocenters. The predicted octanol–water partition coefficient (Wildman–Crippen LogP) is 4.53. The summed E-state index contributed by atoms with van der Waals surface area (Å²) in [6.45, 7) is 5.61. The molecule has 0 amide bonds. The van der Waals surface area contributed by atoms with Crippen molar-refractivity contribution in [1.29, 1.82) is 0 Å². The first-order valence-electron chi connectivity index (χ1n) is 10.9. The van der Waals surface area contributed by atoms with Crippen LogP contribution in [0.1, 0.15) is 39.0 Å². The van der Waals surface area contributed by atoms with E-state index in [0.29, 0.717) is 11.4 Å². The van der Waals surface area contributed by atoms with E-state index in [9.17, 15) is 9.18 Å². The maximum atomic E-state index is 13.9. The van der Waals surface area contributed by atoms with Crippen LogP contribution in [0.5, 0.6) is 5.75 Å². The fourth-order valence-corrected chi connectivity index (χ4v) is 5.14. The third-order valence-electron chi connectivity index (χ3n) is 5.65. The van der Waals surface area contributed by atoms with Crippen molar-refractivity contribution in [2.75, 3.05) is 36.8 Å². The molecule has 1 saturated heterocycles. The van der Waals surface area contributed by atoms with Gasteiger partial charge in [0.25, 0.3) is 0 Å². The summed E-state index contributed by atoms with van der Waals surface area (Å²) < 4.78 is 23.7. The number of rotatable bonds is 7. The molecule has 2 fully saturated rings. The van der Waals surface area contributed by atoms with E-state index in [-0.39, 0.29) is 16.7 Å². The Hall–Kier alpha value is -1.77. The molecule has 1 aromatic heterocycles. The van der Waals surface area contributed by atoms with Crippen LogP contribution in [0.15, 0.2) is 29.2 Å². The smallest absolute Gasteiger partial charge is 0.316 e. The molecule has 1 aliphatic carbocycles. The van der Waals surface area contributed by atoms with Crippen molar-refractivity contribution >= 4 is 29.2 Å². The molecule has 6 nitrogen and oxygen atoms in total. The molecule has 1 saturated carbocycles. The monoisotopic (exact) mass is 466 g/mol. The average Bonchev–Trinajstić information content (AvgIpc) is 3.26. The van der Waals surface area contributed by atoms with E-state index in [1.807, 2.05) is 11.9 Å². The fraction of sp³-hybridized carbons (Fsp3) is 0.545. The molecule has 0 unspecified atom stereocenters. The lowest BCUT2D eigenvalue weighted by atomic mass is 10.2. The summed E-state index contributed by atoms with van der Waals surface area (Å²) in [5.41, 5.74) is 0.628. The molecule has 0 spiro atoms. The van der Waals surface area contributed by atoms with Gasteiger partial charge in [0.05, 0.1) is 18.0 Å². The minimum Gasteiger partial charge on any atom is -0.483 e. The lowest BCUT2D eigenvalue weighted by Gasteiger charge is -2.35. The lowest BCUT2D eigenvalue weighted by Crippen LogP contribution is -2.44. The molecule has 9 heteroatoms. The Bertz CT molecular complexity index is 939. The van der Waals surface area contributed by atoms with Crippen molar-refractivity contribution in [1.82, 2.24) is 14.1 Å². The quantitative estimate of drug-likeness (QED) is 0.559. The summed E-state index contributed by atoms with van der Waals surface area (Å²) in [6.07, 6.45) is 6.93. The first-order chi connectivity index (χ1) is 15.0. The van der Waals surface area contributed by atoms with Gasteiger partial charge >= 0.3 is 5.56 Å². The van der Waals surface area contributed by atoms with Gasteiger partial charge in [0, 0.05) is 37.0 Å². The van der Waals surface area contributed by atoms with E-state index in [1.54, 1.807) is 6.20 Å². The van der Waals surface area contributed by atoms with E-state index < -0.39 is 5.82 Å². The van der Waals surface area contributed by atoms with Crippen molar-refractivity contribution < 1.29 is 9.13 Å². The van der Waals surface area contributed by atoms with Gasteiger partial charge < -0.3 is 9.64 Å². The summed E-state index contributed by atoms with van der Waals surface area (Å²) in [4.78, 5) is 15.6. The Balaban J connectivity index is 1.65. The number of halogens is 2. The number of nitrogens with zero attached hydrogens (tertiary/aromatic N) is 4. The van der Waals surface area contributed by atoms with E-state index in [0.717, 1.165) is 69.7 Å². The first kappa shape index (κ1) is 22.4. The SMILES string of the molecule is CCCSN1CCN(c2cnn(-c3cc(F)cc(Cl)c3)c(=O)c2OC2CCCC2)CC1. The predicted molar refractivity (Wildman–Crippen MR) is 124 cm³/mol. The molecular weight excluding hydrogens is 439 g/mol. The number of hydrogen-bond donors (Lipinski definition) is 0. The van der Waals surface area contributed by atoms with Gasteiger partial charge in [0.1, 0.15) is 11.5 Å². The van der Waals surface area contributed by atoms with Gasteiger partial charge in [-0.05, 0) is 50.3 Å². The number of ether oxygens (including phenoxy) is 1. The summed E-state index contributed by atoms with van der Waals surface area (Å²) in [5.74, 6) is 0.903. The fourth-order valence-electron chi connectivity index (χ4n) is 4.06. The third-order valence-corrected chi connectivity index (χ3v) is 7.19. The largest absolute Gasteiger partial charge is 0.483 e. The Labute approximate surface area is 191 Å². The average molecular weight is 467 g/mol. The van der Waals surface area contributed by atoms with Gasteiger partial charge in [0.15, 0.2) is 0 Å². The molecule has 4 rings (SSSR count). The second-order valence-corrected chi connectivity index (χ2v) is 9.60. The molecule has 1 aliphatic heterocycles. The second kappa shape index (κ2) is 10.2. The zero-order chi connectivity index (χ0) is 21.8. The number of piperazine rings is 1. The highest BCUT2D eigenvalue weighted by molar-refractivity contribution is 7.97. The summed E-state index contributed by atoms with van der Waals surface area (Å²) in [7, 11) is 0. The Morgan fingerprint density at radius 1 is 1.19 bits per heavy atom. The highest BCUT2D eigenvalue weighted by Crippen LogP contribution is 2.31. The standard InChI is InChI=1S/C22H28ClFN4O2S/c1-2-11-31-27-9-7-26(8-10-27)20-15-25-28(18-13-16(23)12-17(24)14-18)22(29)21(20)30-19-5-3-4-6-19/h12-15,19H,2-11H2,1H3. The van der Waals surface area contributed by atoms with Crippen LogP contribution in [0.3, 0.4) is 0 Å².